The SMILES string of the molecule is CC(C=Cc1cccc(Oc2ccc(C#N)cc2)c1)N(O)C(N)=O. The van der Waals surface area contributed by atoms with E-state index in [1.807, 2.05) is 24.3 Å². The van der Waals surface area contributed by atoms with Crippen molar-refractivity contribution in [2.45, 2.75) is 13.0 Å². The van der Waals surface area contributed by atoms with Gasteiger partial charge in [-0.15, -0.1) is 0 Å². The number of ether oxygens (including phenoxy) is 1. The number of nitriles is 1. The molecule has 0 saturated carbocycles. The monoisotopic (exact) mass is 323 g/mol. The number of nitrogens with two attached hydrogens (primary N) is 1. The molecule has 0 aliphatic rings. The van der Waals surface area contributed by atoms with Crippen molar-refractivity contribution in [3.8, 4) is 17.6 Å². The van der Waals surface area contributed by atoms with E-state index in [0.29, 0.717) is 22.1 Å². The molecule has 2 aromatic carbocycles. The number of carbonyl (C=O) groups excluding carboxylic acids is 1. The molecule has 2 aromatic rings. The number of hydrogen-bond acceptors (Lipinski definition) is 4. The molecule has 0 saturated heterocycles. The van der Waals surface area contributed by atoms with Gasteiger partial charge in [0.1, 0.15) is 11.5 Å². The van der Waals surface area contributed by atoms with Crippen LogP contribution in [0.15, 0.2) is 54.6 Å². The number of hydroxylamine groups is 2. The maximum Gasteiger partial charge on any atom is 0.339 e. The van der Waals surface area contributed by atoms with Gasteiger partial charge in [-0.2, -0.15) is 10.3 Å². The number of hydrogen-bond donors (Lipinski definition) is 2. The van der Waals surface area contributed by atoms with Crippen molar-refractivity contribution >= 4 is 12.1 Å². The molecule has 0 aliphatic heterocycles. The van der Waals surface area contributed by atoms with Crippen LogP contribution in [0.2, 0.25) is 0 Å². The third-order valence-corrected chi connectivity index (χ3v) is 3.26. The molecule has 1 atom stereocenters. The number of amides is 2. The van der Waals surface area contributed by atoms with Gasteiger partial charge in [0.2, 0.25) is 0 Å². The van der Waals surface area contributed by atoms with Gasteiger partial charge in [-0.1, -0.05) is 24.3 Å². The van der Waals surface area contributed by atoms with Crippen LogP contribution in [0.3, 0.4) is 0 Å². The van der Waals surface area contributed by atoms with Crippen LogP contribution >= 0.6 is 0 Å². The number of benzene rings is 2. The summed E-state index contributed by atoms with van der Waals surface area (Å²) in [5, 5.41) is 18.7. The first-order chi connectivity index (χ1) is 11.5. The summed E-state index contributed by atoms with van der Waals surface area (Å²) in [7, 11) is 0. The molecule has 0 radical (unpaired) electrons. The van der Waals surface area contributed by atoms with E-state index in [-0.39, 0.29) is 0 Å². The highest BCUT2D eigenvalue weighted by Crippen LogP contribution is 2.23. The van der Waals surface area contributed by atoms with Gasteiger partial charge < -0.3 is 10.5 Å². The standard InChI is InChI=1S/C18H17N3O3/c1-13(21(23)18(20)22)5-6-14-3-2-4-17(11-14)24-16-9-7-15(12-19)8-10-16/h2-11,13,23H,1H3,(H2,20,22). The van der Waals surface area contributed by atoms with Crippen molar-refractivity contribution in [2.24, 2.45) is 5.73 Å². The van der Waals surface area contributed by atoms with Gasteiger partial charge in [0.05, 0.1) is 17.7 Å². The first kappa shape index (κ1) is 17.1. The summed E-state index contributed by atoms with van der Waals surface area (Å²) in [5.41, 5.74) is 6.40. The highest BCUT2D eigenvalue weighted by molar-refractivity contribution is 5.71. The van der Waals surface area contributed by atoms with Crippen LogP contribution in [0, 0.1) is 11.3 Å². The van der Waals surface area contributed by atoms with Crippen molar-refractivity contribution < 1.29 is 14.7 Å². The molecular weight excluding hydrogens is 306 g/mol. The summed E-state index contributed by atoms with van der Waals surface area (Å²) in [4.78, 5) is 10.9. The molecule has 2 amide bonds. The Morgan fingerprint density at radius 3 is 2.62 bits per heavy atom. The van der Waals surface area contributed by atoms with Crippen molar-refractivity contribution in [2.75, 3.05) is 0 Å². The minimum absolute atomic E-state index is 0.452. The van der Waals surface area contributed by atoms with E-state index < -0.39 is 12.1 Å². The highest BCUT2D eigenvalue weighted by Gasteiger charge is 2.11. The summed E-state index contributed by atoms with van der Waals surface area (Å²) in [6.45, 7) is 1.64. The van der Waals surface area contributed by atoms with Crippen LogP contribution in [-0.2, 0) is 0 Å². The zero-order valence-electron chi connectivity index (χ0n) is 13.1. The Kier molecular flexibility index (Phi) is 5.55. The number of carbonyl (C=O) groups is 1. The second kappa shape index (κ2) is 7.81. The van der Waals surface area contributed by atoms with Gasteiger partial charge in [-0.3, -0.25) is 5.21 Å². The van der Waals surface area contributed by atoms with E-state index in [2.05, 4.69) is 0 Å². The second-order valence-electron chi connectivity index (χ2n) is 5.09. The Balaban J connectivity index is 2.08. The maximum absolute atomic E-state index is 10.9. The molecule has 6 nitrogen and oxygen atoms in total. The van der Waals surface area contributed by atoms with Crippen molar-refractivity contribution in [3.05, 3.63) is 65.7 Å². The molecule has 0 heterocycles. The number of rotatable bonds is 5. The Hall–Kier alpha value is -3.30. The first-order valence-corrected chi connectivity index (χ1v) is 7.23. The number of primary amides is 1. The van der Waals surface area contributed by atoms with Gasteiger partial charge in [-0.25, -0.2) is 4.79 Å². The largest absolute Gasteiger partial charge is 0.457 e. The third-order valence-electron chi connectivity index (χ3n) is 3.26. The molecule has 0 spiro atoms. The minimum Gasteiger partial charge on any atom is -0.457 e. The van der Waals surface area contributed by atoms with E-state index >= 15 is 0 Å². The zero-order chi connectivity index (χ0) is 17.5. The Morgan fingerprint density at radius 1 is 1.29 bits per heavy atom. The average Bonchev–Trinajstić information content (AvgIpc) is 2.60. The normalized spacial score (nSPS) is 11.7. The smallest absolute Gasteiger partial charge is 0.339 e. The van der Waals surface area contributed by atoms with E-state index in [9.17, 15) is 10.0 Å². The first-order valence-electron chi connectivity index (χ1n) is 7.23. The summed E-state index contributed by atoms with van der Waals surface area (Å²) in [6.07, 6.45) is 3.40. The Morgan fingerprint density at radius 2 is 2.00 bits per heavy atom. The van der Waals surface area contributed by atoms with E-state index in [1.54, 1.807) is 49.4 Å². The molecular formula is C18H17N3O3. The number of nitrogens with zero attached hydrogens (tertiary/aromatic N) is 2. The fraction of sp³-hybridized carbons (Fsp3) is 0.111. The predicted molar refractivity (Wildman–Crippen MR) is 89.4 cm³/mol. The van der Waals surface area contributed by atoms with Crippen LogP contribution < -0.4 is 10.5 Å². The van der Waals surface area contributed by atoms with Crippen LogP contribution in [0.4, 0.5) is 4.79 Å². The molecule has 2 rings (SSSR count). The quantitative estimate of drug-likeness (QED) is 0.649. The molecule has 0 aromatic heterocycles. The Labute approximate surface area is 140 Å². The third kappa shape index (κ3) is 4.60. The summed E-state index contributed by atoms with van der Waals surface area (Å²) in [5.74, 6) is 1.25. The maximum atomic E-state index is 10.9. The second-order valence-corrected chi connectivity index (χ2v) is 5.09. The van der Waals surface area contributed by atoms with E-state index in [4.69, 9.17) is 15.7 Å². The highest BCUT2D eigenvalue weighted by atomic mass is 16.5. The fourth-order valence-electron chi connectivity index (χ4n) is 1.95. The predicted octanol–water partition coefficient (Wildman–Crippen LogP) is 3.52. The molecule has 1 unspecified atom stereocenters. The van der Waals surface area contributed by atoms with Crippen molar-refractivity contribution in [1.82, 2.24) is 5.06 Å². The Bertz CT molecular complexity index is 779. The van der Waals surface area contributed by atoms with Crippen LogP contribution in [0.5, 0.6) is 11.5 Å². The summed E-state index contributed by atoms with van der Waals surface area (Å²) >= 11 is 0. The molecule has 0 fully saturated rings. The van der Waals surface area contributed by atoms with Crippen LogP contribution in [0.25, 0.3) is 6.08 Å². The zero-order valence-corrected chi connectivity index (χ0v) is 13.1. The van der Waals surface area contributed by atoms with Gasteiger partial charge in [0, 0.05) is 0 Å². The lowest BCUT2D eigenvalue weighted by molar-refractivity contribution is -0.0560. The van der Waals surface area contributed by atoms with Gasteiger partial charge in [0.15, 0.2) is 0 Å². The molecule has 122 valence electrons. The van der Waals surface area contributed by atoms with Gasteiger partial charge >= 0.3 is 6.03 Å². The topological polar surface area (TPSA) is 99.6 Å². The summed E-state index contributed by atoms with van der Waals surface area (Å²) < 4.78 is 5.73. The van der Waals surface area contributed by atoms with Gasteiger partial charge in [-0.05, 0) is 48.9 Å². The van der Waals surface area contributed by atoms with Gasteiger partial charge in [0.25, 0.3) is 0 Å². The lowest BCUT2D eigenvalue weighted by Crippen LogP contribution is -2.38. The average molecular weight is 323 g/mol. The molecule has 0 bridgehead atoms. The molecule has 3 N–H and O–H groups in total. The fourth-order valence-corrected chi connectivity index (χ4v) is 1.95. The van der Waals surface area contributed by atoms with Crippen LogP contribution in [0.1, 0.15) is 18.1 Å². The van der Waals surface area contributed by atoms with Crippen LogP contribution in [-0.4, -0.2) is 22.3 Å². The van der Waals surface area contributed by atoms with Crippen molar-refractivity contribution in [3.63, 3.8) is 0 Å². The lowest BCUT2D eigenvalue weighted by Gasteiger charge is -2.16. The number of urea groups is 1. The van der Waals surface area contributed by atoms with E-state index in [1.165, 1.54) is 0 Å². The summed E-state index contributed by atoms with van der Waals surface area (Å²) in [6, 6.07) is 14.7. The minimum atomic E-state index is -0.912. The molecule has 0 aliphatic carbocycles. The van der Waals surface area contributed by atoms with Crippen molar-refractivity contribution in [1.29, 1.82) is 5.26 Å². The van der Waals surface area contributed by atoms with E-state index in [0.717, 1.165) is 5.56 Å². The molecule has 6 heteroatoms. The molecule has 24 heavy (non-hydrogen) atoms. The lowest BCUT2D eigenvalue weighted by atomic mass is 10.1.